The summed E-state index contributed by atoms with van der Waals surface area (Å²) in [6.07, 6.45) is -1.03. The number of amides is 2. The van der Waals surface area contributed by atoms with Gasteiger partial charge in [-0.05, 0) is 5.92 Å². The fourth-order valence-electron chi connectivity index (χ4n) is 1.30. The van der Waals surface area contributed by atoms with Crippen molar-refractivity contribution >= 4 is 12.0 Å². The van der Waals surface area contributed by atoms with Crippen molar-refractivity contribution in [3.63, 3.8) is 0 Å². The van der Waals surface area contributed by atoms with Gasteiger partial charge >= 0.3 is 6.09 Å². The Kier molecular flexibility index (Phi) is 2.75. The van der Waals surface area contributed by atoms with E-state index in [1.54, 1.807) is 0 Å². The minimum absolute atomic E-state index is 0.0431. The zero-order valence-corrected chi connectivity index (χ0v) is 7.78. The second kappa shape index (κ2) is 3.64. The molecular formula is C8H14N2O3. The molecule has 1 heterocycles. The van der Waals surface area contributed by atoms with Gasteiger partial charge in [0.2, 0.25) is 5.91 Å². The lowest BCUT2D eigenvalue weighted by atomic mass is 10.0. The molecule has 2 amide bonds. The van der Waals surface area contributed by atoms with E-state index < -0.39 is 6.09 Å². The molecule has 13 heavy (non-hydrogen) atoms. The molecule has 0 aromatic carbocycles. The van der Waals surface area contributed by atoms with Crippen molar-refractivity contribution in [1.29, 1.82) is 0 Å². The largest absolute Gasteiger partial charge is 0.465 e. The van der Waals surface area contributed by atoms with Crippen LogP contribution in [0.5, 0.6) is 0 Å². The predicted octanol–water partition coefficient (Wildman–Crippen LogP) is 0.121. The molecule has 1 rings (SSSR count). The van der Waals surface area contributed by atoms with Gasteiger partial charge in [-0.25, -0.2) is 4.79 Å². The van der Waals surface area contributed by atoms with E-state index in [1.165, 1.54) is 0 Å². The molecule has 5 nitrogen and oxygen atoms in total. The first-order valence-corrected chi connectivity index (χ1v) is 4.28. The van der Waals surface area contributed by atoms with Gasteiger partial charge in [0.05, 0.1) is 0 Å². The van der Waals surface area contributed by atoms with Crippen molar-refractivity contribution in [2.75, 3.05) is 13.1 Å². The Morgan fingerprint density at radius 3 is 2.77 bits per heavy atom. The molecule has 0 radical (unpaired) electrons. The van der Waals surface area contributed by atoms with Crippen LogP contribution in [-0.2, 0) is 4.79 Å². The van der Waals surface area contributed by atoms with Crippen LogP contribution < -0.4 is 5.32 Å². The molecule has 0 aliphatic carbocycles. The van der Waals surface area contributed by atoms with E-state index in [0.29, 0.717) is 6.54 Å². The molecule has 0 saturated carbocycles. The number of piperazine rings is 1. The van der Waals surface area contributed by atoms with E-state index in [1.807, 2.05) is 13.8 Å². The molecule has 0 unspecified atom stereocenters. The molecule has 1 fully saturated rings. The Balaban J connectivity index is 2.63. The smallest absolute Gasteiger partial charge is 0.407 e. The Morgan fingerprint density at radius 1 is 1.69 bits per heavy atom. The lowest BCUT2D eigenvalue weighted by Gasteiger charge is -2.33. The maximum absolute atomic E-state index is 11.1. The van der Waals surface area contributed by atoms with Crippen molar-refractivity contribution in [2.45, 2.75) is 19.9 Å². The van der Waals surface area contributed by atoms with Crippen molar-refractivity contribution in [1.82, 2.24) is 10.2 Å². The fraction of sp³-hybridized carbons (Fsp3) is 0.750. The molecule has 74 valence electrons. The third-order valence-corrected chi connectivity index (χ3v) is 2.17. The molecule has 0 spiro atoms. The Bertz CT molecular complexity index is 227. The van der Waals surface area contributed by atoms with E-state index in [-0.39, 0.29) is 24.4 Å². The van der Waals surface area contributed by atoms with Crippen molar-refractivity contribution < 1.29 is 14.7 Å². The second-order valence-corrected chi connectivity index (χ2v) is 3.58. The first-order valence-electron chi connectivity index (χ1n) is 4.28. The number of hydrogen-bond acceptors (Lipinski definition) is 2. The van der Waals surface area contributed by atoms with E-state index in [9.17, 15) is 9.59 Å². The monoisotopic (exact) mass is 186 g/mol. The Labute approximate surface area is 76.7 Å². The Morgan fingerprint density at radius 2 is 2.31 bits per heavy atom. The molecule has 1 atom stereocenters. The van der Waals surface area contributed by atoms with E-state index in [4.69, 9.17) is 5.11 Å². The van der Waals surface area contributed by atoms with Crippen molar-refractivity contribution in [3.8, 4) is 0 Å². The topological polar surface area (TPSA) is 69.6 Å². The van der Waals surface area contributed by atoms with Crippen LogP contribution in [0.25, 0.3) is 0 Å². The number of nitrogens with zero attached hydrogens (tertiary/aromatic N) is 1. The number of nitrogens with one attached hydrogen (secondary N) is 1. The molecular weight excluding hydrogens is 172 g/mol. The van der Waals surface area contributed by atoms with E-state index in [0.717, 1.165) is 4.90 Å². The highest BCUT2D eigenvalue weighted by Crippen LogP contribution is 2.08. The summed E-state index contributed by atoms with van der Waals surface area (Å²) in [5.74, 6) is 0.0402. The van der Waals surface area contributed by atoms with Gasteiger partial charge in [0.25, 0.3) is 0 Å². The molecule has 2 N–H and O–H groups in total. The lowest BCUT2D eigenvalue weighted by molar-refractivity contribution is -0.125. The predicted molar refractivity (Wildman–Crippen MR) is 46.4 cm³/mol. The van der Waals surface area contributed by atoms with Crippen molar-refractivity contribution in [2.24, 2.45) is 5.92 Å². The van der Waals surface area contributed by atoms with Crippen molar-refractivity contribution in [3.05, 3.63) is 0 Å². The van der Waals surface area contributed by atoms with Gasteiger partial charge in [0.15, 0.2) is 0 Å². The van der Waals surface area contributed by atoms with Gasteiger partial charge in [-0.2, -0.15) is 0 Å². The summed E-state index contributed by atoms with van der Waals surface area (Å²) in [6, 6.07) is -0.0580. The van der Waals surface area contributed by atoms with E-state index in [2.05, 4.69) is 5.32 Å². The first-order chi connectivity index (χ1) is 6.00. The molecule has 5 heteroatoms. The van der Waals surface area contributed by atoms with Crippen LogP contribution in [0.1, 0.15) is 13.8 Å². The summed E-state index contributed by atoms with van der Waals surface area (Å²) in [7, 11) is 0. The summed E-state index contributed by atoms with van der Waals surface area (Å²) in [5.41, 5.74) is 0. The lowest BCUT2D eigenvalue weighted by Crippen LogP contribution is -2.57. The average Bonchev–Trinajstić information content (AvgIpc) is 2.03. The van der Waals surface area contributed by atoms with Gasteiger partial charge in [-0.15, -0.1) is 0 Å². The number of hydrogen-bond donors (Lipinski definition) is 2. The minimum Gasteiger partial charge on any atom is -0.465 e. The zero-order chi connectivity index (χ0) is 10.0. The molecule has 0 aromatic rings. The van der Waals surface area contributed by atoms with Gasteiger partial charge < -0.3 is 10.4 Å². The first kappa shape index (κ1) is 9.83. The quantitative estimate of drug-likeness (QED) is 0.611. The summed E-state index contributed by atoms with van der Waals surface area (Å²) >= 11 is 0. The molecule has 1 aliphatic rings. The normalized spacial score (nSPS) is 23.2. The number of carbonyl (C=O) groups excluding carboxylic acids is 1. The summed E-state index contributed by atoms with van der Waals surface area (Å²) in [5, 5.41) is 11.5. The van der Waals surface area contributed by atoms with Gasteiger partial charge in [0.1, 0.15) is 6.54 Å². The van der Waals surface area contributed by atoms with Crippen LogP contribution in [0.3, 0.4) is 0 Å². The standard InChI is InChI=1S/C8H14N2O3/c1-5(2)6-3-10(8(12)13)4-7(11)9-6/h5-6H,3-4H2,1-2H3,(H,9,11)(H,12,13)/t6-/m0/s1. The highest BCUT2D eigenvalue weighted by Gasteiger charge is 2.28. The van der Waals surface area contributed by atoms with Crippen LogP contribution in [0.4, 0.5) is 4.79 Å². The van der Waals surface area contributed by atoms with Crippen LogP contribution >= 0.6 is 0 Å². The van der Waals surface area contributed by atoms with Gasteiger partial charge in [0, 0.05) is 12.6 Å². The number of carboxylic acid groups (broad SMARTS) is 1. The third kappa shape index (κ3) is 2.34. The summed E-state index contributed by atoms with van der Waals surface area (Å²) in [6.45, 7) is 4.25. The fourth-order valence-corrected chi connectivity index (χ4v) is 1.30. The third-order valence-electron chi connectivity index (χ3n) is 2.17. The van der Waals surface area contributed by atoms with Crippen LogP contribution in [0.2, 0.25) is 0 Å². The molecule has 0 bridgehead atoms. The zero-order valence-electron chi connectivity index (χ0n) is 7.78. The minimum atomic E-state index is -1.03. The van der Waals surface area contributed by atoms with Gasteiger partial charge in [-0.3, -0.25) is 9.69 Å². The Hall–Kier alpha value is -1.26. The average molecular weight is 186 g/mol. The van der Waals surface area contributed by atoms with Crippen LogP contribution in [-0.4, -0.2) is 41.1 Å². The highest BCUT2D eigenvalue weighted by atomic mass is 16.4. The van der Waals surface area contributed by atoms with Crippen LogP contribution in [0, 0.1) is 5.92 Å². The summed E-state index contributed by atoms with van der Waals surface area (Å²) < 4.78 is 0. The number of rotatable bonds is 1. The number of carbonyl (C=O) groups is 2. The second-order valence-electron chi connectivity index (χ2n) is 3.58. The SMILES string of the molecule is CC(C)[C@@H]1CN(C(=O)O)CC(=O)N1. The molecule has 1 saturated heterocycles. The van der Waals surface area contributed by atoms with Crippen LogP contribution in [0.15, 0.2) is 0 Å². The van der Waals surface area contributed by atoms with Gasteiger partial charge in [-0.1, -0.05) is 13.8 Å². The molecule has 0 aromatic heterocycles. The van der Waals surface area contributed by atoms with E-state index >= 15 is 0 Å². The maximum atomic E-state index is 11.1. The summed E-state index contributed by atoms with van der Waals surface area (Å²) in [4.78, 5) is 22.8. The molecule has 1 aliphatic heterocycles. The highest BCUT2D eigenvalue weighted by molar-refractivity contribution is 5.83. The maximum Gasteiger partial charge on any atom is 0.407 e.